The van der Waals surface area contributed by atoms with Gasteiger partial charge in [0.05, 0.1) is 27.9 Å². The van der Waals surface area contributed by atoms with Crippen molar-refractivity contribution in [2.24, 2.45) is 0 Å². The summed E-state index contributed by atoms with van der Waals surface area (Å²) in [4.78, 5) is 56.6. The maximum Gasteiger partial charge on any atom is 0.266 e. The van der Waals surface area contributed by atoms with Gasteiger partial charge in [-0.25, -0.2) is 4.90 Å². The highest BCUT2D eigenvalue weighted by Gasteiger charge is 2.39. The average molecular weight is 587 g/mol. The molecule has 0 aliphatic carbocycles. The quantitative estimate of drug-likeness (QED) is 0.197. The second-order valence-corrected chi connectivity index (χ2v) is 11.9. The van der Waals surface area contributed by atoms with Gasteiger partial charge in [-0.3, -0.25) is 24.1 Å². The summed E-state index contributed by atoms with van der Waals surface area (Å²) in [5.41, 5.74) is 7.36. The molecule has 0 unspecified atom stereocenters. The third-order valence-electron chi connectivity index (χ3n) is 8.98. The first-order valence-corrected chi connectivity index (χ1v) is 14.7. The van der Waals surface area contributed by atoms with E-state index in [0.717, 1.165) is 48.7 Å². The molecule has 0 aromatic heterocycles. The van der Waals surface area contributed by atoms with Gasteiger partial charge >= 0.3 is 0 Å². The molecule has 0 saturated carbocycles. The van der Waals surface area contributed by atoms with Gasteiger partial charge in [-0.2, -0.15) is 0 Å². The fourth-order valence-electron chi connectivity index (χ4n) is 6.70. The molecule has 216 valence electrons. The molecule has 6 heteroatoms. The maximum absolute atomic E-state index is 13.9. The molecule has 0 N–H and O–H groups in total. The van der Waals surface area contributed by atoms with E-state index in [1.807, 2.05) is 86.6 Å². The van der Waals surface area contributed by atoms with Gasteiger partial charge in [0.2, 0.25) is 0 Å². The van der Waals surface area contributed by atoms with Crippen LogP contribution in [0.5, 0.6) is 0 Å². The van der Waals surface area contributed by atoms with Crippen molar-refractivity contribution in [1.82, 2.24) is 4.90 Å². The fourth-order valence-corrected chi connectivity index (χ4v) is 6.70. The molecule has 6 aromatic rings. The van der Waals surface area contributed by atoms with E-state index in [0.29, 0.717) is 33.5 Å². The standard InChI is InChI=1S/C39H26N2O4/c1-21-8-10-23(11-9-21)24-12-14-27(15-13-24)41-37(43)31-19-26-16-22(2)17-30(29(26)20-32(31)38(41)44)34-28-7-5-4-6-25(28)18-33-35(34)39(45)40(3)36(33)42/h4-20H,1-3H3. The molecular weight excluding hydrogens is 560 g/mol. The van der Waals surface area contributed by atoms with Crippen LogP contribution in [-0.4, -0.2) is 35.6 Å². The lowest BCUT2D eigenvalue weighted by atomic mass is 9.86. The molecule has 4 amide bonds. The van der Waals surface area contributed by atoms with Crippen molar-refractivity contribution in [2.45, 2.75) is 13.8 Å². The molecule has 6 nitrogen and oxygen atoms in total. The number of anilines is 1. The van der Waals surface area contributed by atoms with Crippen LogP contribution in [-0.2, 0) is 0 Å². The molecule has 2 aliphatic rings. The van der Waals surface area contributed by atoms with Gasteiger partial charge in [0.25, 0.3) is 23.6 Å². The second kappa shape index (κ2) is 9.56. The lowest BCUT2D eigenvalue weighted by Crippen LogP contribution is -2.29. The molecule has 0 radical (unpaired) electrons. The fraction of sp³-hybridized carbons (Fsp3) is 0.0769. The zero-order valence-electron chi connectivity index (χ0n) is 24.8. The summed E-state index contributed by atoms with van der Waals surface area (Å²) >= 11 is 0. The van der Waals surface area contributed by atoms with E-state index in [4.69, 9.17) is 0 Å². The Hall–Kier alpha value is -5.88. The van der Waals surface area contributed by atoms with Crippen molar-refractivity contribution in [3.63, 3.8) is 0 Å². The van der Waals surface area contributed by atoms with Gasteiger partial charge in [0, 0.05) is 12.6 Å². The van der Waals surface area contributed by atoms with Crippen molar-refractivity contribution in [2.75, 3.05) is 11.9 Å². The molecule has 0 spiro atoms. The molecule has 8 rings (SSSR count). The van der Waals surface area contributed by atoms with Gasteiger partial charge in [0.15, 0.2) is 0 Å². The van der Waals surface area contributed by atoms with Crippen LogP contribution < -0.4 is 4.90 Å². The number of rotatable bonds is 3. The Labute approximate surface area is 259 Å². The number of carbonyl (C=O) groups excluding carboxylic acids is 4. The number of benzene rings is 6. The number of carbonyl (C=O) groups is 4. The van der Waals surface area contributed by atoms with Gasteiger partial charge in [-0.15, -0.1) is 0 Å². The van der Waals surface area contributed by atoms with Crippen LogP contribution in [0.15, 0.2) is 103 Å². The summed E-state index contributed by atoms with van der Waals surface area (Å²) in [5, 5.41) is 3.17. The molecule has 6 aromatic carbocycles. The Morgan fingerprint density at radius 3 is 1.80 bits per heavy atom. The summed E-state index contributed by atoms with van der Waals surface area (Å²) in [6.45, 7) is 3.99. The van der Waals surface area contributed by atoms with Crippen molar-refractivity contribution < 1.29 is 19.2 Å². The number of aryl methyl sites for hydroxylation is 2. The van der Waals surface area contributed by atoms with Gasteiger partial charge in [-0.05, 0) is 88.0 Å². The largest absolute Gasteiger partial charge is 0.277 e. The predicted octanol–water partition coefficient (Wildman–Crippen LogP) is 7.97. The molecule has 0 atom stereocenters. The predicted molar refractivity (Wildman–Crippen MR) is 176 cm³/mol. The van der Waals surface area contributed by atoms with Gasteiger partial charge < -0.3 is 0 Å². The topological polar surface area (TPSA) is 74.8 Å². The maximum atomic E-state index is 13.9. The molecule has 2 aliphatic heterocycles. The van der Waals surface area contributed by atoms with Gasteiger partial charge in [0.1, 0.15) is 0 Å². The Balaban J connectivity index is 1.29. The second-order valence-electron chi connectivity index (χ2n) is 11.9. The zero-order chi connectivity index (χ0) is 31.1. The highest BCUT2D eigenvalue weighted by molar-refractivity contribution is 6.36. The zero-order valence-corrected chi connectivity index (χ0v) is 24.8. The number of nitrogens with zero attached hydrogens (tertiary/aromatic N) is 2. The van der Waals surface area contributed by atoms with Crippen LogP contribution in [0.2, 0.25) is 0 Å². The Bertz CT molecular complexity index is 2320. The van der Waals surface area contributed by atoms with Crippen LogP contribution in [0.25, 0.3) is 43.8 Å². The van der Waals surface area contributed by atoms with Crippen LogP contribution in [0.3, 0.4) is 0 Å². The Morgan fingerprint density at radius 2 is 1.09 bits per heavy atom. The molecule has 45 heavy (non-hydrogen) atoms. The van der Waals surface area contributed by atoms with E-state index in [2.05, 4.69) is 0 Å². The van der Waals surface area contributed by atoms with Crippen molar-refractivity contribution in [3.05, 3.63) is 137 Å². The Morgan fingerprint density at radius 1 is 0.467 bits per heavy atom. The molecular formula is C39H26N2O4. The van der Waals surface area contributed by atoms with Crippen LogP contribution in [0, 0.1) is 13.8 Å². The highest BCUT2D eigenvalue weighted by atomic mass is 16.2. The van der Waals surface area contributed by atoms with Gasteiger partial charge in [-0.1, -0.05) is 78.4 Å². The van der Waals surface area contributed by atoms with Crippen LogP contribution in [0.1, 0.15) is 52.6 Å². The molecule has 0 fully saturated rings. The van der Waals surface area contributed by atoms with E-state index < -0.39 is 5.91 Å². The summed E-state index contributed by atoms with van der Waals surface area (Å²) in [5.74, 6) is -1.49. The minimum atomic E-state index is -0.402. The molecule has 0 saturated heterocycles. The smallest absolute Gasteiger partial charge is 0.266 e. The normalized spacial score (nSPS) is 14.2. The number of fused-ring (bicyclic) bond motifs is 4. The summed E-state index contributed by atoms with van der Waals surface area (Å²) in [7, 11) is 1.49. The van der Waals surface area contributed by atoms with E-state index >= 15 is 0 Å². The monoisotopic (exact) mass is 586 g/mol. The molecule has 2 heterocycles. The number of imide groups is 2. The van der Waals surface area contributed by atoms with Crippen molar-refractivity contribution in [3.8, 4) is 22.3 Å². The molecule has 0 bridgehead atoms. The van der Waals surface area contributed by atoms with Crippen molar-refractivity contribution >= 4 is 50.9 Å². The number of hydrogen-bond acceptors (Lipinski definition) is 4. The summed E-state index contributed by atoms with van der Waals surface area (Å²) in [6, 6.07) is 32.5. The Kier molecular flexibility index (Phi) is 5.68. The first kappa shape index (κ1) is 26.7. The lowest BCUT2D eigenvalue weighted by Gasteiger charge is -2.16. The third-order valence-corrected chi connectivity index (χ3v) is 8.98. The van der Waals surface area contributed by atoms with E-state index in [1.165, 1.54) is 17.5 Å². The minimum absolute atomic E-state index is 0.302. The third kappa shape index (κ3) is 3.89. The van der Waals surface area contributed by atoms with E-state index in [-0.39, 0.29) is 17.7 Å². The van der Waals surface area contributed by atoms with Crippen LogP contribution in [0.4, 0.5) is 5.69 Å². The van der Waals surface area contributed by atoms with E-state index in [1.54, 1.807) is 30.3 Å². The summed E-state index contributed by atoms with van der Waals surface area (Å²) in [6.07, 6.45) is 0. The SMILES string of the molecule is Cc1ccc(-c2ccc(N3C(=O)c4cc5cc(C)cc(-c6c7c(cc8ccccc68)C(=O)N(C)C7=O)c5cc4C3=O)cc2)cc1. The number of amides is 4. The van der Waals surface area contributed by atoms with Crippen LogP contribution >= 0.6 is 0 Å². The van der Waals surface area contributed by atoms with Crippen molar-refractivity contribution in [1.29, 1.82) is 0 Å². The minimum Gasteiger partial charge on any atom is -0.277 e. The first-order chi connectivity index (χ1) is 21.7. The first-order valence-electron chi connectivity index (χ1n) is 14.7. The summed E-state index contributed by atoms with van der Waals surface area (Å²) < 4.78 is 0. The highest BCUT2D eigenvalue weighted by Crippen LogP contribution is 2.43. The number of hydrogen-bond donors (Lipinski definition) is 0. The van der Waals surface area contributed by atoms with E-state index in [9.17, 15) is 19.2 Å². The lowest BCUT2D eigenvalue weighted by molar-refractivity contribution is 0.0692. The average Bonchev–Trinajstić information content (AvgIpc) is 3.41.